The first-order valence-electron chi connectivity index (χ1n) is 5.85. The van der Waals surface area contributed by atoms with E-state index in [4.69, 9.17) is 0 Å². The molecule has 2 aromatic heterocycles. The van der Waals surface area contributed by atoms with Crippen LogP contribution >= 0.6 is 15.9 Å². The summed E-state index contributed by atoms with van der Waals surface area (Å²) >= 11 is 3.52. The number of alkyl halides is 1. The topological polar surface area (TPSA) is 35.6 Å². The van der Waals surface area contributed by atoms with E-state index in [1.165, 1.54) is 24.1 Å². The first-order valence-corrected chi connectivity index (χ1v) is 6.97. The molecule has 5 heteroatoms. The van der Waals surface area contributed by atoms with Gasteiger partial charge in [-0.25, -0.2) is 4.68 Å². The molecule has 4 nitrogen and oxygen atoms in total. The Hall–Kier alpha value is -1.10. The monoisotopic (exact) mass is 294 g/mol. The van der Waals surface area contributed by atoms with Crippen molar-refractivity contribution in [2.75, 3.05) is 0 Å². The van der Waals surface area contributed by atoms with Gasteiger partial charge in [0.1, 0.15) is 0 Å². The van der Waals surface area contributed by atoms with E-state index < -0.39 is 0 Å². The third-order valence-corrected chi connectivity index (χ3v) is 3.83. The second kappa shape index (κ2) is 3.98. The van der Waals surface area contributed by atoms with Gasteiger partial charge in [-0.3, -0.25) is 4.68 Å². The summed E-state index contributed by atoms with van der Waals surface area (Å²) in [6, 6.07) is 2.12. The van der Waals surface area contributed by atoms with E-state index in [0.717, 1.165) is 16.8 Å². The van der Waals surface area contributed by atoms with Crippen LogP contribution in [0.5, 0.6) is 0 Å². The number of aromatic nitrogens is 4. The van der Waals surface area contributed by atoms with Crippen molar-refractivity contribution in [2.24, 2.45) is 7.05 Å². The number of aryl methyl sites for hydroxylation is 2. The molecule has 3 rings (SSSR count). The maximum atomic E-state index is 4.66. The summed E-state index contributed by atoms with van der Waals surface area (Å²) in [4.78, 5) is 0. The molecule has 0 saturated heterocycles. The van der Waals surface area contributed by atoms with E-state index in [2.05, 4.69) is 32.2 Å². The zero-order valence-corrected chi connectivity index (χ0v) is 11.6. The van der Waals surface area contributed by atoms with Crippen LogP contribution in [0.3, 0.4) is 0 Å². The minimum Gasteiger partial charge on any atom is -0.250 e. The first kappa shape index (κ1) is 11.0. The SMILES string of the molecule is Cc1nn(C)c(-n2ccc(C3CC3)n2)c1CBr. The summed E-state index contributed by atoms with van der Waals surface area (Å²) < 4.78 is 3.85. The van der Waals surface area contributed by atoms with Crippen molar-refractivity contribution in [3.63, 3.8) is 0 Å². The molecule has 1 fully saturated rings. The van der Waals surface area contributed by atoms with Crippen LogP contribution in [0.15, 0.2) is 12.3 Å². The van der Waals surface area contributed by atoms with Crippen LogP contribution in [0.4, 0.5) is 0 Å². The Labute approximate surface area is 109 Å². The molecule has 0 aliphatic heterocycles. The fraction of sp³-hybridized carbons (Fsp3) is 0.500. The van der Waals surface area contributed by atoms with Gasteiger partial charge in [0.25, 0.3) is 0 Å². The summed E-state index contributed by atoms with van der Waals surface area (Å²) in [5.41, 5.74) is 3.48. The van der Waals surface area contributed by atoms with Gasteiger partial charge in [0.15, 0.2) is 5.82 Å². The number of halogens is 1. The number of nitrogens with zero attached hydrogens (tertiary/aromatic N) is 4. The largest absolute Gasteiger partial charge is 0.250 e. The molecule has 0 N–H and O–H groups in total. The normalized spacial score (nSPS) is 15.5. The van der Waals surface area contributed by atoms with Gasteiger partial charge in [0.05, 0.1) is 11.4 Å². The molecule has 2 heterocycles. The van der Waals surface area contributed by atoms with Crippen molar-refractivity contribution in [1.29, 1.82) is 0 Å². The quantitative estimate of drug-likeness (QED) is 0.816. The van der Waals surface area contributed by atoms with Crippen LogP contribution in [0, 0.1) is 6.92 Å². The van der Waals surface area contributed by atoms with Gasteiger partial charge >= 0.3 is 0 Å². The smallest absolute Gasteiger partial charge is 0.155 e. The van der Waals surface area contributed by atoms with E-state index in [9.17, 15) is 0 Å². The maximum Gasteiger partial charge on any atom is 0.155 e. The van der Waals surface area contributed by atoms with Gasteiger partial charge in [-0.2, -0.15) is 10.2 Å². The summed E-state index contributed by atoms with van der Waals surface area (Å²) in [7, 11) is 1.97. The molecule has 0 bridgehead atoms. The van der Waals surface area contributed by atoms with E-state index in [1.807, 2.05) is 29.5 Å². The van der Waals surface area contributed by atoms with Crippen molar-refractivity contribution in [2.45, 2.75) is 31.0 Å². The average molecular weight is 295 g/mol. The summed E-state index contributed by atoms with van der Waals surface area (Å²) in [6.45, 7) is 2.03. The highest BCUT2D eigenvalue weighted by molar-refractivity contribution is 9.08. The lowest BCUT2D eigenvalue weighted by Gasteiger charge is -2.04. The molecular formula is C12H15BrN4. The van der Waals surface area contributed by atoms with Crippen LogP contribution in [0.25, 0.3) is 5.82 Å². The van der Waals surface area contributed by atoms with Crippen LogP contribution in [0.2, 0.25) is 0 Å². The zero-order valence-electron chi connectivity index (χ0n) is 10.0. The van der Waals surface area contributed by atoms with Gasteiger partial charge in [-0.05, 0) is 25.8 Å². The summed E-state index contributed by atoms with van der Waals surface area (Å²) in [6.07, 6.45) is 4.61. The van der Waals surface area contributed by atoms with E-state index in [0.29, 0.717) is 5.92 Å². The van der Waals surface area contributed by atoms with E-state index in [1.54, 1.807) is 0 Å². The van der Waals surface area contributed by atoms with Gasteiger partial charge in [0, 0.05) is 30.1 Å². The lowest BCUT2D eigenvalue weighted by atomic mass is 10.3. The van der Waals surface area contributed by atoms with Crippen LogP contribution in [0.1, 0.15) is 35.7 Å². The minimum atomic E-state index is 0.693. The average Bonchev–Trinajstić information content (AvgIpc) is 2.96. The fourth-order valence-electron chi connectivity index (χ4n) is 2.19. The Morgan fingerprint density at radius 3 is 2.82 bits per heavy atom. The van der Waals surface area contributed by atoms with Gasteiger partial charge in [-0.15, -0.1) is 0 Å². The number of hydrogen-bond donors (Lipinski definition) is 0. The number of hydrogen-bond acceptors (Lipinski definition) is 2. The summed E-state index contributed by atoms with van der Waals surface area (Å²) in [5, 5.41) is 9.92. The molecule has 1 saturated carbocycles. The minimum absolute atomic E-state index is 0.693. The van der Waals surface area contributed by atoms with Crippen molar-refractivity contribution in [3.05, 3.63) is 29.2 Å². The Balaban J connectivity index is 2.06. The van der Waals surface area contributed by atoms with Crippen molar-refractivity contribution < 1.29 is 0 Å². The highest BCUT2D eigenvalue weighted by Gasteiger charge is 2.26. The third-order valence-electron chi connectivity index (χ3n) is 3.27. The highest BCUT2D eigenvalue weighted by atomic mass is 79.9. The Bertz CT molecular complexity index is 551. The summed E-state index contributed by atoms with van der Waals surface area (Å²) in [5.74, 6) is 1.75. The molecule has 90 valence electrons. The van der Waals surface area contributed by atoms with Crippen LogP contribution in [-0.2, 0) is 12.4 Å². The van der Waals surface area contributed by atoms with Gasteiger partial charge in [0.2, 0.25) is 0 Å². The highest BCUT2D eigenvalue weighted by Crippen LogP contribution is 2.39. The Morgan fingerprint density at radius 2 is 2.18 bits per heavy atom. The second-order valence-electron chi connectivity index (χ2n) is 4.60. The van der Waals surface area contributed by atoms with Crippen LogP contribution < -0.4 is 0 Å². The third kappa shape index (κ3) is 1.82. The molecule has 1 aliphatic rings. The molecular weight excluding hydrogens is 280 g/mol. The molecule has 1 aliphatic carbocycles. The predicted octanol–water partition coefficient (Wildman–Crippen LogP) is 2.69. The molecule has 0 unspecified atom stereocenters. The number of rotatable bonds is 3. The standard InChI is InChI=1S/C12H15BrN4/c1-8-10(7-13)12(16(2)14-8)17-6-5-11(15-17)9-3-4-9/h5-6,9H,3-4,7H2,1-2H3. The molecule has 0 aromatic carbocycles. The molecule has 0 spiro atoms. The molecule has 0 amide bonds. The maximum absolute atomic E-state index is 4.66. The second-order valence-corrected chi connectivity index (χ2v) is 5.16. The van der Waals surface area contributed by atoms with Crippen LogP contribution in [-0.4, -0.2) is 19.6 Å². The van der Waals surface area contributed by atoms with Crippen molar-refractivity contribution in [3.8, 4) is 5.82 Å². The zero-order chi connectivity index (χ0) is 12.0. The van der Waals surface area contributed by atoms with Crippen molar-refractivity contribution >= 4 is 15.9 Å². The predicted molar refractivity (Wildman–Crippen MR) is 69.7 cm³/mol. The molecule has 17 heavy (non-hydrogen) atoms. The van der Waals surface area contributed by atoms with E-state index in [-0.39, 0.29) is 0 Å². The van der Waals surface area contributed by atoms with Gasteiger partial charge < -0.3 is 0 Å². The lowest BCUT2D eigenvalue weighted by molar-refractivity contribution is 0.686. The Morgan fingerprint density at radius 1 is 1.41 bits per heavy atom. The Kier molecular flexibility index (Phi) is 2.58. The van der Waals surface area contributed by atoms with Gasteiger partial charge in [-0.1, -0.05) is 15.9 Å². The first-order chi connectivity index (χ1) is 8.20. The fourth-order valence-corrected chi connectivity index (χ4v) is 2.84. The van der Waals surface area contributed by atoms with Crippen molar-refractivity contribution in [1.82, 2.24) is 19.6 Å². The lowest BCUT2D eigenvalue weighted by Crippen LogP contribution is -2.05. The molecule has 0 atom stereocenters. The van der Waals surface area contributed by atoms with E-state index >= 15 is 0 Å². The molecule has 2 aromatic rings. The molecule has 0 radical (unpaired) electrons.